The summed E-state index contributed by atoms with van der Waals surface area (Å²) in [4.78, 5) is 10.6. The van der Waals surface area contributed by atoms with Gasteiger partial charge in [-0.25, -0.2) is 9.97 Å². The molecule has 9 aromatic rings. The first-order valence-electron chi connectivity index (χ1n) is 13.4. The molecule has 0 spiro atoms. The van der Waals surface area contributed by atoms with Crippen LogP contribution in [0.5, 0.6) is 0 Å². The van der Waals surface area contributed by atoms with Gasteiger partial charge < -0.3 is 4.42 Å². The average molecular weight is 512 g/mol. The van der Waals surface area contributed by atoms with E-state index in [0.29, 0.717) is 5.95 Å². The van der Waals surface area contributed by atoms with Gasteiger partial charge in [-0.05, 0) is 41.1 Å². The smallest absolute Gasteiger partial charge is 0.235 e. The van der Waals surface area contributed by atoms with Gasteiger partial charge in [0, 0.05) is 27.1 Å². The van der Waals surface area contributed by atoms with E-state index in [2.05, 4.69) is 126 Å². The molecule has 9 rings (SSSR count). The molecule has 0 amide bonds. The van der Waals surface area contributed by atoms with Gasteiger partial charge in [-0.15, -0.1) is 0 Å². The summed E-state index contributed by atoms with van der Waals surface area (Å²) >= 11 is 0. The van der Waals surface area contributed by atoms with Crippen LogP contribution in [-0.2, 0) is 0 Å². The summed E-state index contributed by atoms with van der Waals surface area (Å²) in [6, 6.07) is 44.1. The minimum atomic E-state index is 0.644. The monoisotopic (exact) mass is 511 g/mol. The number of rotatable bonds is 2. The minimum absolute atomic E-state index is 0.644. The molecule has 0 unspecified atom stereocenters. The fourth-order valence-corrected chi connectivity index (χ4v) is 6.26. The number of fused-ring (bicyclic) bond motifs is 10. The van der Waals surface area contributed by atoms with Crippen molar-refractivity contribution in [1.82, 2.24) is 14.5 Å². The molecule has 186 valence electrons. The maximum absolute atomic E-state index is 6.42. The third-order valence-corrected chi connectivity index (χ3v) is 8.01. The molecule has 0 aliphatic rings. The molecule has 0 atom stereocenters. The number of furan rings is 1. The topological polar surface area (TPSA) is 43.9 Å². The van der Waals surface area contributed by atoms with Gasteiger partial charge in [0.2, 0.25) is 5.95 Å². The molecule has 0 aliphatic heterocycles. The Morgan fingerprint density at radius 2 is 1.10 bits per heavy atom. The number of hydrogen-bond donors (Lipinski definition) is 0. The number of para-hydroxylation sites is 2. The van der Waals surface area contributed by atoms with Crippen molar-refractivity contribution in [3.05, 3.63) is 127 Å². The van der Waals surface area contributed by atoms with Crippen molar-refractivity contribution in [3.63, 3.8) is 0 Å². The minimum Gasteiger partial charge on any atom is -0.456 e. The first kappa shape index (κ1) is 21.5. The van der Waals surface area contributed by atoms with Crippen LogP contribution in [0.15, 0.2) is 132 Å². The first-order valence-corrected chi connectivity index (χ1v) is 13.4. The molecule has 40 heavy (non-hydrogen) atoms. The van der Waals surface area contributed by atoms with E-state index in [4.69, 9.17) is 14.4 Å². The summed E-state index contributed by atoms with van der Waals surface area (Å²) in [5, 5.41) is 7.80. The fraction of sp³-hybridized carbons (Fsp3) is 0. The normalized spacial score (nSPS) is 12.0. The summed E-state index contributed by atoms with van der Waals surface area (Å²) < 4.78 is 8.61. The van der Waals surface area contributed by atoms with Crippen LogP contribution in [0.2, 0.25) is 0 Å². The van der Waals surface area contributed by atoms with Crippen LogP contribution in [-0.4, -0.2) is 14.5 Å². The summed E-state index contributed by atoms with van der Waals surface area (Å²) in [7, 11) is 0. The number of benzene rings is 6. The van der Waals surface area contributed by atoms with E-state index >= 15 is 0 Å². The van der Waals surface area contributed by atoms with Crippen LogP contribution >= 0.6 is 0 Å². The number of hydrogen-bond acceptors (Lipinski definition) is 3. The molecule has 0 saturated carbocycles. The van der Waals surface area contributed by atoms with Crippen LogP contribution < -0.4 is 0 Å². The highest BCUT2D eigenvalue weighted by molar-refractivity contribution is 6.26. The van der Waals surface area contributed by atoms with Crippen molar-refractivity contribution in [2.75, 3.05) is 0 Å². The van der Waals surface area contributed by atoms with E-state index in [1.165, 1.54) is 16.2 Å². The van der Waals surface area contributed by atoms with E-state index in [1.54, 1.807) is 0 Å². The second-order valence-corrected chi connectivity index (χ2v) is 10.2. The Morgan fingerprint density at radius 1 is 0.475 bits per heavy atom. The highest BCUT2D eigenvalue weighted by Crippen LogP contribution is 2.41. The van der Waals surface area contributed by atoms with Crippen molar-refractivity contribution in [2.45, 2.75) is 0 Å². The lowest BCUT2D eigenvalue weighted by molar-refractivity contribution is 0.669. The molecule has 4 nitrogen and oxygen atoms in total. The van der Waals surface area contributed by atoms with Gasteiger partial charge in [0.1, 0.15) is 11.2 Å². The van der Waals surface area contributed by atoms with E-state index in [1.807, 2.05) is 6.07 Å². The van der Waals surface area contributed by atoms with Gasteiger partial charge >= 0.3 is 0 Å². The Labute approximate surface area is 228 Å². The van der Waals surface area contributed by atoms with Crippen molar-refractivity contribution in [2.24, 2.45) is 0 Å². The number of aromatic nitrogens is 3. The van der Waals surface area contributed by atoms with Crippen molar-refractivity contribution in [1.29, 1.82) is 0 Å². The van der Waals surface area contributed by atoms with Gasteiger partial charge in [-0.3, -0.25) is 4.57 Å². The van der Waals surface area contributed by atoms with Gasteiger partial charge in [-0.1, -0.05) is 97.1 Å². The molecule has 3 heterocycles. The molecule has 0 aliphatic carbocycles. The maximum atomic E-state index is 6.42. The molecule has 0 radical (unpaired) electrons. The SMILES string of the molecule is c1ccc(-c2nc(-n3c4ccccc4c4ccccc43)nc3c2ccc2oc4ccc5ccccc5c4c23)cc1. The zero-order valence-electron chi connectivity index (χ0n) is 21.4. The predicted molar refractivity (Wildman–Crippen MR) is 164 cm³/mol. The highest BCUT2D eigenvalue weighted by atomic mass is 16.3. The largest absolute Gasteiger partial charge is 0.456 e. The van der Waals surface area contributed by atoms with Crippen molar-refractivity contribution < 1.29 is 4.42 Å². The fourth-order valence-electron chi connectivity index (χ4n) is 6.26. The molecule has 0 fully saturated rings. The van der Waals surface area contributed by atoms with Crippen molar-refractivity contribution >= 4 is 65.4 Å². The predicted octanol–water partition coefficient (Wildman–Crippen LogP) is 9.45. The van der Waals surface area contributed by atoms with Gasteiger partial charge in [0.15, 0.2) is 0 Å². The van der Waals surface area contributed by atoms with Crippen LogP contribution in [0.25, 0.3) is 82.6 Å². The summed E-state index contributed by atoms with van der Waals surface area (Å²) in [5.41, 5.74) is 6.68. The van der Waals surface area contributed by atoms with Crippen LogP contribution in [0, 0.1) is 0 Å². The Balaban J connectivity index is 1.51. The molecular weight excluding hydrogens is 490 g/mol. The maximum Gasteiger partial charge on any atom is 0.235 e. The quantitative estimate of drug-likeness (QED) is 0.232. The zero-order valence-corrected chi connectivity index (χ0v) is 21.4. The lowest BCUT2D eigenvalue weighted by Crippen LogP contribution is -2.03. The van der Waals surface area contributed by atoms with Crippen LogP contribution in [0.4, 0.5) is 0 Å². The Bertz CT molecular complexity index is 2380. The summed E-state index contributed by atoms with van der Waals surface area (Å²) in [6.07, 6.45) is 0. The standard InChI is InChI=1S/C36H21N3O/c1-2-11-23(12-3-1)34-27-19-21-31-33(32-24-13-5-4-10-22(24)18-20-30(32)40-31)35(27)38-36(37-34)39-28-16-8-6-14-25(28)26-15-7-9-17-29(26)39/h1-21H. The number of nitrogens with zero attached hydrogens (tertiary/aromatic N) is 3. The van der Waals surface area contributed by atoms with Gasteiger partial charge in [0.05, 0.1) is 27.6 Å². The lowest BCUT2D eigenvalue weighted by Gasteiger charge is -2.12. The molecule has 0 saturated heterocycles. The van der Waals surface area contributed by atoms with Gasteiger partial charge in [-0.2, -0.15) is 0 Å². The highest BCUT2D eigenvalue weighted by Gasteiger charge is 2.21. The Morgan fingerprint density at radius 3 is 1.88 bits per heavy atom. The average Bonchev–Trinajstić information content (AvgIpc) is 3.57. The van der Waals surface area contributed by atoms with Crippen LogP contribution in [0.3, 0.4) is 0 Å². The Kier molecular flexibility index (Phi) is 4.30. The third kappa shape index (κ3) is 2.90. The van der Waals surface area contributed by atoms with E-state index in [-0.39, 0.29) is 0 Å². The summed E-state index contributed by atoms with van der Waals surface area (Å²) in [5.74, 6) is 0.644. The van der Waals surface area contributed by atoms with Gasteiger partial charge in [0.25, 0.3) is 0 Å². The molecule has 6 aromatic carbocycles. The second-order valence-electron chi connectivity index (χ2n) is 10.2. The third-order valence-electron chi connectivity index (χ3n) is 8.01. The van der Waals surface area contributed by atoms with Crippen LogP contribution in [0.1, 0.15) is 0 Å². The second kappa shape index (κ2) is 8.01. The van der Waals surface area contributed by atoms with Crippen molar-refractivity contribution in [3.8, 4) is 17.2 Å². The van der Waals surface area contributed by atoms with E-state index in [9.17, 15) is 0 Å². The molecule has 3 aromatic heterocycles. The molecule has 4 heteroatoms. The first-order chi connectivity index (χ1) is 19.8. The Hall–Kier alpha value is -5.48. The zero-order chi connectivity index (χ0) is 26.2. The van der Waals surface area contributed by atoms with E-state index < -0.39 is 0 Å². The summed E-state index contributed by atoms with van der Waals surface area (Å²) in [6.45, 7) is 0. The van der Waals surface area contributed by atoms with E-state index in [0.717, 1.165) is 60.5 Å². The lowest BCUT2D eigenvalue weighted by atomic mass is 10.0. The molecular formula is C36H21N3O. The molecule has 0 bridgehead atoms. The molecule has 0 N–H and O–H groups in total.